The van der Waals surface area contributed by atoms with Crippen molar-refractivity contribution in [3.8, 4) is 0 Å². The molecule has 5 heteroatoms. The second kappa shape index (κ2) is 8.06. The van der Waals surface area contributed by atoms with Crippen LogP contribution in [0.15, 0.2) is 24.3 Å². The van der Waals surface area contributed by atoms with Gasteiger partial charge in [-0.15, -0.1) is 0 Å². The number of nitrogens with zero attached hydrogens (tertiary/aromatic N) is 1. The van der Waals surface area contributed by atoms with Crippen LogP contribution >= 0.6 is 0 Å². The number of aromatic carboxylic acids is 1. The summed E-state index contributed by atoms with van der Waals surface area (Å²) < 4.78 is 7.75. The monoisotopic (exact) mass is 356 g/mol. The average Bonchev–Trinajstić information content (AvgIpc) is 3.18. The predicted octanol–water partition coefficient (Wildman–Crippen LogP) is 3.43. The Hall–Kier alpha value is -2.11. The van der Waals surface area contributed by atoms with E-state index >= 15 is 0 Å². The zero-order valence-electron chi connectivity index (χ0n) is 15.8. The third kappa shape index (κ3) is 4.00. The minimum atomic E-state index is -0.859. The zero-order valence-corrected chi connectivity index (χ0v) is 15.8. The van der Waals surface area contributed by atoms with Crippen LogP contribution in [0.1, 0.15) is 51.3 Å². The summed E-state index contributed by atoms with van der Waals surface area (Å²) in [7, 11) is 0. The van der Waals surface area contributed by atoms with Gasteiger partial charge in [-0.1, -0.05) is 29.8 Å². The first kappa shape index (κ1) is 18.7. The highest BCUT2D eigenvalue weighted by Gasteiger charge is 2.23. The lowest BCUT2D eigenvalue weighted by Crippen LogP contribution is -2.26. The molecule has 1 fully saturated rings. The van der Waals surface area contributed by atoms with Crippen molar-refractivity contribution in [2.45, 2.75) is 52.8 Å². The normalized spacial score (nSPS) is 17.0. The smallest absolute Gasteiger partial charge is 0.337 e. The number of benzene rings is 1. The van der Waals surface area contributed by atoms with Crippen LogP contribution < -0.4 is 5.32 Å². The van der Waals surface area contributed by atoms with E-state index in [2.05, 4.69) is 35.0 Å². The number of carboxylic acids is 1. The lowest BCUT2D eigenvalue weighted by molar-refractivity contribution is 0.0694. The molecule has 2 N–H and O–H groups in total. The Balaban J connectivity index is 1.82. The van der Waals surface area contributed by atoms with Crippen LogP contribution in [0.5, 0.6) is 0 Å². The van der Waals surface area contributed by atoms with E-state index in [4.69, 9.17) is 4.74 Å². The molecular formula is C21H28N2O3. The van der Waals surface area contributed by atoms with Gasteiger partial charge in [0.2, 0.25) is 0 Å². The molecule has 0 spiro atoms. The van der Waals surface area contributed by atoms with Gasteiger partial charge in [0.1, 0.15) is 0 Å². The first-order valence-electron chi connectivity index (χ1n) is 9.27. The highest BCUT2D eigenvalue weighted by Crippen LogP contribution is 2.24. The third-order valence-corrected chi connectivity index (χ3v) is 5.24. The van der Waals surface area contributed by atoms with Gasteiger partial charge in [0.25, 0.3) is 0 Å². The fourth-order valence-electron chi connectivity index (χ4n) is 3.84. The second-order valence-corrected chi connectivity index (χ2v) is 7.17. The standard InChI is InChI=1S/C21H28N2O3/c1-14-6-4-7-17(10-14)13-23-15(2)19(20(16(23)3)21(24)25)12-22-11-18-8-5-9-26-18/h4,6-7,10,18,22H,5,8-9,11-13H2,1-3H3,(H,24,25)/t18-/m0/s1. The van der Waals surface area contributed by atoms with Crippen LogP contribution in [0.3, 0.4) is 0 Å². The van der Waals surface area contributed by atoms with Gasteiger partial charge in [-0.2, -0.15) is 0 Å². The van der Waals surface area contributed by atoms with Gasteiger partial charge in [0.15, 0.2) is 0 Å². The number of nitrogens with one attached hydrogen (secondary N) is 1. The molecule has 0 radical (unpaired) electrons. The number of hydrogen-bond donors (Lipinski definition) is 2. The molecular weight excluding hydrogens is 328 g/mol. The minimum Gasteiger partial charge on any atom is -0.478 e. The molecule has 2 heterocycles. The van der Waals surface area contributed by atoms with Crippen molar-refractivity contribution in [1.82, 2.24) is 9.88 Å². The highest BCUT2D eigenvalue weighted by molar-refractivity contribution is 5.91. The fraction of sp³-hybridized carbons (Fsp3) is 0.476. The molecule has 2 aromatic rings. The van der Waals surface area contributed by atoms with E-state index in [1.54, 1.807) is 0 Å². The number of aryl methyl sites for hydroxylation is 1. The summed E-state index contributed by atoms with van der Waals surface area (Å²) >= 11 is 0. The lowest BCUT2D eigenvalue weighted by Gasteiger charge is -2.12. The molecule has 1 aliphatic rings. The molecule has 140 valence electrons. The summed E-state index contributed by atoms with van der Waals surface area (Å²) in [6.45, 7) is 8.81. The van der Waals surface area contributed by atoms with E-state index in [-0.39, 0.29) is 6.10 Å². The molecule has 1 aromatic heterocycles. The fourth-order valence-corrected chi connectivity index (χ4v) is 3.84. The van der Waals surface area contributed by atoms with Gasteiger partial charge in [-0.3, -0.25) is 0 Å². The van der Waals surface area contributed by atoms with E-state index in [9.17, 15) is 9.90 Å². The molecule has 26 heavy (non-hydrogen) atoms. The van der Waals surface area contributed by atoms with Crippen molar-refractivity contribution < 1.29 is 14.6 Å². The summed E-state index contributed by atoms with van der Waals surface area (Å²) in [5.41, 5.74) is 5.52. The molecule has 3 rings (SSSR count). The Morgan fingerprint density at radius 3 is 2.77 bits per heavy atom. The number of ether oxygens (including phenoxy) is 1. The van der Waals surface area contributed by atoms with E-state index in [1.165, 1.54) is 11.1 Å². The molecule has 0 bridgehead atoms. The number of hydrogen-bond acceptors (Lipinski definition) is 3. The van der Waals surface area contributed by atoms with Gasteiger partial charge in [-0.05, 0) is 39.2 Å². The topological polar surface area (TPSA) is 63.5 Å². The average molecular weight is 356 g/mol. The Morgan fingerprint density at radius 2 is 2.12 bits per heavy atom. The summed E-state index contributed by atoms with van der Waals surface area (Å²) in [6, 6.07) is 8.35. The van der Waals surface area contributed by atoms with E-state index < -0.39 is 5.97 Å². The molecule has 1 atom stereocenters. The van der Waals surface area contributed by atoms with Gasteiger partial charge in [0.05, 0.1) is 11.7 Å². The maximum absolute atomic E-state index is 11.9. The Bertz CT molecular complexity index is 789. The SMILES string of the molecule is Cc1cccc(Cn2c(C)c(CNC[C@@H]3CCCO3)c(C(=O)O)c2C)c1. The molecule has 0 amide bonds. The quantitative estimate of drug-likeness (QED) is 0.798. The van der Waals surface area contributed by atoms with Crippen molar-refractivity contribution in [3.05, 3.63) is 57.9 Å². The summed E-state index contributed by atoms with van der Waals surface area (Å²) in [4.78, 5) is 11.9. The van der Waals surface area contributed by atoms with Gasteiger partial charge in [-0.25, -0.2) is 4.79 Å². The van der Waals surface area contributed by atoms with Crippen molar-refractivity contribution in [1.29, 1.82) is 0 Å². The molecule has 0 unspecified atom stereocenters. The van der Waals surface area contributed by atoms with E-state index in [1.807, 2.05) is 19.9 Å². The lowest BCUT2D eigenvalue weighted by atomic mass is 10.1. The number of carbonyl (C=O) groups is 1. The van der Waals surface area contributed by atoms with Crippen LogP contribution in [-0.2, 0) is 17.8 Å². The summed E-state index contributed by atoms with van der Waals surface area (Å²) in [6.07, 6.45) is 2.43. The van der Waals surface area contributed by atoms with Crippen molar-refractivity contribution in [2.24, 2.45) is 0 Å². The van der Waals surface area contributed by atoms with Crippen molar-refractivity contribution in [2.75, 3.05) is 13.2 Å². The number of aromatic nitrogens is 1. The third-order valence-electron chi connectivity index (χ3n) is 5.24. The first-order chi connectivity index (χ1) is 12.5. The van der Waals surface area contributed by atoms with E-state index in [0.717, 1.165) is 42.9 Å². The van der Waals surface area contributed by atoms with Crippen molar-refractivity contribution in [3.63, 3.8) is 0 Å². The molecule has 1 saturated heterocycles. The minimum absolute atomic E-state index is 0.249. The van der Waals surface area contributed by atoms with Crippen LogP contribution in [-0.4, -0.2) is 34.9 Å². The molecule has 0 saturated carbocycles. The van der Waals surface area contributed by atoms with Gasteiger partial charge in [0, 0.05) is 43.2 Å². The number of carboxylic acid groups (broad SMARTS) is 1. The zero-order chi connectivity index (χ0) is 18.7. The van der Waals surface area contributed by atoms with Crippen molar-refractivity contribution >= 4 is 5.97 Å². The molecule has 5 nitrogen and oxygen atoms in total. The molecule has 0 aliphatic carbocycles. The summed E-state index contributed by atoms with van der Waals surface area (Å²) in [5, 5.41) is 13.1. The van der Waals surface area contributed by atoms with E-state index in [0.29, 0.717) is 18.7 Å². The largest absolute Gasteiger partial charge is 0.478 e. The Morgan fingerprint density at radius 1 is 1.31 bits per heavy atom. The molecule has 1 aliphatic heterocycles. The van der Waals surface area contributed by atoms with Gasteiger partial charge < -0.3 is 19.7 Å². The summed E-state index contributed by atoms with van der Waals surface area (Å²) in [5.74, 6) is -0.859. The van der Waals surface area contributed by atoms with Gasteiger partial charge >= 0.3 is 5.97 Å². The Labute approximate surface area is 155 Å². The van der Waals surface area contributed by atoms with Crippen LogP contribution in [0, 0.1) is 20.8 Å². The number of rotatable bonds is 7. The van der Waals surface area contributed by atoms with Crippen LogP contribution in [0.25, 0.3) is 0 Å². The van der Waals surface area contributed by atoms with Crippen LogP contribution in [0.2, 0.25) is 0 Å². The molecule has 1 aromatic carbocycles. The predicted molar refractivity (Wildman–Crippen MR) is 102 cm³/mol. The first-order valence-corrected chi connectivity index (χ1v) is 9.27. The highest BCUT2D eigenvalue weighted by atomic mass is 16.5. The Kier molecular flexibility index (Phi) is 5.79. The maximum atomic E-state index is 11.9. The van der Waals surface area contributed by atoms with Crippen LogP contribution in [0.4, 0.5) is 0 Å². The maximum Gasteiger partial charge on any atom is 0.337 e. The second-order valence-electron chi connectivity index (χ2n) is 7.17.